The van der Waals surface area contributed by atoms with E-state index in [1.807, 2.05) is 11.0 Å². The minimum absolute atomic E-state index is 0.0166. The molecule has 1 aliphatic heterocycles. The molecular weight excluding hydrogens is 324 g/mol. The van der Waals surface area contributed by atoms with Gasteiger partial charge in [0.15, 0.2) is 0 Å². The van der Waals surface area contributed by atoms with Gasteiger partial charge in [-0.05, 0) is 36.8 Å². The third kappa shape index (κ3) is 3.31. The summed E-state index contributed by atoms with van der Waals surface area (Å²) in [5.41, 5.74) is 1.37. The third-order valence-electron chi connectivity index (χ3n) is 4.43. The van der Waals surface area contributed by atoms with E-state index in [9.17, 15) is 13.6 Å². The van der Waals surface area contributed by atoms with Gasteiger partial charge < -0.3 is 9.80 Å². The summed E-state index contributed by atoms with van der Waals surface area (Å²) in [6.07, 6.45) is 0. The molecule has 4 nitrogen and oxygen atoms in total. The van der Waals surface area contributed by atoms with E-state index in [0.717, 1.165) is 0 Å². The Morgan fingerprint density at radius 1 is 1.08 bits per heavy atom. The first kappa shape index (κ1) is 16.9. The van der Waals surface area contributed by atoms with Crippen molar-refractivity contribution in [2.75, 3.05) is 31.1 Å². The van der Waals surface area contributed by atoms with E-state index in [4.69, 9.17) is 5.26 Å². The van der Waals surface area contributed by atoms with Crippen LogP contribution in [0, 0.1) is 29.9 Å². The summed E-state index contributed by atoms with van der Waals surface area (Å²) < 4.78 is 27.4. The van der Waals surface area contributed by atoms with Crippen LogP contribution in [0.5, 0.6) is 0 Å². The van der Waals surface area contributed by atoms with E-state index >= 15 is 0 Å². The van der Waals surface area contributed by atoms with Gasteiger partial charge in [-0.25, -0.2) is 8.78 Å². The van der Waals surface area contributed by atoms with E-state index in [0.29, 0.717) is 43.0 Å². The highest BCUT2D eigenvalue weighted by Crippen LogP contribution is 2.24. The number of rotatable bonds is 2. The van der Waals surface area contributed by atoms with E-state index in [1.165, 1.54) is 12.1 Å². The summed E-state index contributed by atoms with van der Waals surface area (Å²) in [5, 5.41) is 9.15. The molecule has 2 aromatic carbocycles. The number of hydrogen-bond acceptors (Lipinski definition) is 3. The van der Waals surface area contributed by atoms with Crippen LogP contribution in [0.15, 0.2) is 36.4 Å². The highest BCUT2D eigenvalue weighted by Gasteiger charge is 2.24. The second kappa shape index (κ2) is 6.89. The van der Waals surface area contributed by atoms with Crippen molar-refractivity contribution < 1.29 is 13.6 Å². The highest BCUT2D eigenvalue weighted by atomic mass is 19.1. The number of benzene rings is 2. The van der Waals surface area contributed by atoms with E-state index < -0.39 is 11.6 Å². The number of nitrogens with zero attached hydrogens (tertiary/aromatic N) is 3. The van der Waals surface area contributed by atoms with Crippen molar-refractivity contribution in [2.24, 2.45) is 0 Å². The Bertz CT molecular complexity index is 852. The normalized spacial score (nSPS) is 14.3. The SMILES string of the molecule is Cc1ccc(C(=O)N2CCN(c3cccc(F)c3C#N)CC2)cc1F. The van der Waals surface area contributed by atoms with Crippen LogP contribution < -0.4 is 4.90 Å². The highest BCUT2D eigenvalue weighted by molar-refractivity contribution is 5.94. The monoisotopic (exact) mass is 341 g/mol. The molecule has 0 N–H and O–H groups in total. The van der Waals surface area contributed by atoms with E-state index in [-0.39, 0.29) is 11.5 Å². The van der Waals surface area contributed by atoms with E-state index in [1.54, 1.807) is 36.1 Å². The molecule has 1 amide bonds. The third-order valence-corrected chi connectivity index (χ3v) is 4.43. The smallest absolute Gasteiger partial charge is 0.254 e. The van der Waals surface area contributed by atoms with E-state index in [2.05, 4.69) is 0 Å². The first-order valence-corrected chi connectivity index (χ1v) is 8.00. The number of carbonyl (C=O) groups excluding carboxylic acids is 1. The van der Waals surface area contributed by atoms with Gasteiger partial charge >= 0.3 is 0 Å². The number of aryl methyl sites for hydroxylation is 1. The quantitative estimate of drug-likeness (QED) is 0.843. The van der Waals surface area contributed by atoms with Gasteiger partial charge in [-0.15, -0.1) is 0 Å². The molecule has 0 aromatic heterocycles. The number of hydrogen-bond donors (Lipinski definition) is 0. The fourth-order valence-electron chi connectivity index (χ4n) is 2.95. The Morgan fingerprint density at radius 3 is 2.44 bits per heavy atom. The Morgan fingerprint density at radius 2 is 1.80 bits per heavy atom. The molecule has 1 heterocycles. The van der Waals surface area contributed by atoms with Crippen molar-refractivity contribution >= 4 is 11.6 Å². The molecule has 1 fully saturated rings. The Kier molecular flexibility index (Phi) is 4.66. The van der Waals surface area contributed by atoms with Gasteiger partial charge in [-0.3, -0.25) is 4.79 Å². The topological polar surface area (TPSA) is 47.3 Å². The minimum Gasteiger partial charge on any atom is -0.367 e. The molecule has 128 valence electrons. The van der Waals surface area contributed by atoms with Gasteiger partial charge in [0, 0.05) is 31.7 Å². The first-order chi connectivity index (χ1) is 12.0. The van der Waals surface area contributed by atoms with Crippen molar-refractivity contribution in [1.29, 1.82) is 5.26 Å². The van der Waals surface area contributed by atoms with Crippen LogP contribution in [-0.2, 0) is 0 Å². The fraction of sp³-hybridized carbons (Fsp3) is 0.263. The molecule has 1 saturated heterocycles. The summed E-state index contributed by atoms with van der Waals surface area (Å²) in [6, 6.07) is 10.9. The lowest BCUT2D eigenvalue weighted by Gasteiger charge is -2.36. The molecule has 3 rings (SSSR count). The Balaban J connectivity index is 1.72. The predicted octanol–water partition coefficient (Wildman–Crippen LogP) is 3.11. The van der Waals surface area contributed by atoms with Gasteiger partial charge in [0.1, 0.15) is 23.3 Å². The van der Waals surface area contributed by atoms with Gasteiger partial charge in [0.05, 0.1) is 5.69 Å². The van der Waals surface area contributed by atoms with Crippen molar-refractivity contribution in [3.63, 3.8) is 0 Å². The average molecular weight is 341 g/mol. The first-order valence-electron chi connectivity index (χ1n) is 8.00. The molecule has 0 aliphatic carbocycles. The number of carbonyl (C=O) groups is 1. The number of halogens is 2. The lowest BCUT2D eigenvalue weighted by Crippen LogP contribution is -2.49. The lowest BCUT2D eigenvalue weighted by atomic mass is 10.1. The second-order valence-electron chi connectivity index (χ2n) is 5.99. The summed E-state index contributed by atoms with van der Waals surface area (Å²) in [7, 11) is 0. The summed E-state index contributed by atoms with van der Waals surface area (Å²) in [4.78, 5) is 16.0. The van der Waals surface area contributed by atoms with Crippen LogP contribution in [0.3, 0.4) is 0 Å². The maximum Gasteiger partial charge on any atom is 0.254 e. The van der Waals surface area contributed by atoms with Gasteiger partial charge in [0.2, 0.25) is 0 Å². The van der Waals surface area contributed by atoms with Crippen molar-refractivity contribution in [3.8, 4) is 6.07 Å². The average Bonchev–Trinajstić information content (AvgIpc) is 2.63. The standard InChI is InChI=1S/C19H17F2N3O/c1-13-5-6-14(11-17(13)21)19(25)24-9-7-23(8-10-24)18-4-2-3-16(20)15(18)12-22/h2-6,11H,7-10H2,1H3. The molecule has 0 saturated carbocycles. The zero-order valence-electron chi connectivity index (χ0n) is 13.8. The Hall–Kier alpha value is -2.94. The molecule has 6 heteroatoms. The molecule has 25 heavy (non-hydrogen) atoms. The molecule has 0 spiro atoms. The van der Waals surface area contributed by atoms with Crippen LogP contribution >= 0.6 is 0 Å². The van der Waals surface area contributed by atoms with Crippen molar-refractivity contribution in [3.05, 3.63) is 64.7 Å². The Labute approximate surface area is 144 Å². The maximum absolute atomic E-state index is 13.8. The molecule has 0 atom stereocenters. The van der Waals surface area contributed by atoms with Crippen LogP contribution in [0.2, 0.25) is 0 Å². The molecule has 0 bridgehead atoms. The molecule has 0 radical (unpaired) electrons. The van der Waals surface area contributed by atoms with Crippen LogP contribution in [0.25, 0.3) is 0 Å². The second-order valence-corrected chi connectivity index (χ2v) is 5.99. The van der Waals surface area contributed by atoms with Gasteiger partial charge in [-0.2, -0.15) is 5.26 Å². The largest absolute Gasteiger partial charge is 0.367 e. The van der Waals surface area contributed by atoms with Crippen LogP contribution in [0.4, 0.5) is 14.5 Å². The zero-order valence-corrected chi connectivity index (χ0v) is 13.8. The lowest BCUT2D eigenvalue weighted by molar-refractivity contribution is 0.0746. The molecular formula is C19H17F2N3O. The van der Waals surface area contributed by atoms with Crippen molar-refractivity contribution in [2.45, 2.75) is 6.92 Å². The number of amides is 1. The van der Waals surface area contributed by atoms with Crippen molar-refractivity contribution in [1.82, 2.24) is 4.90 Å². The van der Waals surface area contributed by atoms with Crippen LogP contribution in [0.1, 0.15) is 21.5 Å². The fourth-order valence-corrected chi connectivity index (χ4v) is 2.95. The number of piperazine rings is 1. The molecule has 1 aliphatic rings. The summed E-state index contributed by atoms with van der Waals surface area (Å²) in [5.74, 6) is -1.17. The molecule has 0 unspecified atom stereocenters. The summed E-state index contributed by atoms with van der Waals surface area (Å²) >= 11 is 0. The minimum atomic E-state index is -0.548. The predicted molar refractivity (Wildman–Crippen MR) is 90.4 cm³/mol. The number of nitriles is 1. The zero-order chi connectivity index (χ0) is 18.0. The molecule has 2 aromatic rings. The van der Waals surface area contributed by atoms with Crippen LogP contribution in [-0.4, -0.2) is 37.0 Å². The number of anilines is 1. The van der Waals surface area contributed by atoms with Gasteiger partial charge in [-0.1, -0.05) is 12.1 Å². The summed E-state index contributed by atoms with van der Waals surface area (Å²) in [6.45, 7) is 3.47. The van der Waals surface area contributed by atoms with Gasteiger partial charge in [0.25, 0.3) is 5.91 Å². The maximum atomic E-state index is 13.8.